The van der Waals surface area contributed by atoms with Gasteiger partial charge in [0.05, 0.1) is 0 Å². The molecule has 0 unspecified atom stereocenters. The number of terminal acetylenes is 1. The fraction of sp³-hybridized carbons (Fsp3) is 0.200. The number of hydrogen-bond donors (Lipinski definition) is 1. The third-order valence-electron chi connectivity index (χ3n) is 1.50. The quantitative estimate of drug-likeness (QED) is 0.440. The van der Waals surface area contributed by atoms with Crippen molar-refractivity contribution in [1.29, 1.82) is 0 Å². The molecule has 72 valence electrons. The zero-order chi connectivity index (χ0) is 10.4. The largest absolute Gasteiger partial charge is 0.350 e. The van der Waals surface area contributed by atoms with Crippen LogP contribution in [-0.4, -0.2) is 17.4 Å². The average molecular weight is 192 g/mol. The number of carbonyl (C=O) groups is 1. The number of hydrogen-bond acceptors (Lipinski definition) is 2. The number of carbonyl (C=O) groups excluding carboxylic acids is 1. The van der Waals surface area contributed by atoms with Gasteiger partial charge in [-0.15, -0.1) is 12.3 Å². The van der Waals surface area contributed by atoms with Gasteiger partial charge in [0.15, 0.2) is 0 Å². The number of aromatic nitrogens is 1. The summed E-state index contributed by atoms with van der Waals surface area (Å²) in [6.07, 6.45) is 5.45. The fourth-order valence-corrected chi connectivity index (χ4v) is 0.873. The predicted octanol–water partition coefficient (Wildman–Crippen LogP) is 0.974. The van der Waals surface area contributed by atoms with E-state index < -0.39 is 11.9 Å². The van der Waals surface area contributed by atoms with Crippen LogP contribution in [0, 0.1) is 18.3 Å². The van der Waals surface area contributed by atoms with Crippen LogP contribution in [0.4, 0.5) is 4.39 Å². The van der Waals surface area contributed by atoms with Gasteiger partial charge >= 0.3 is 0 Å². The molecule has 1 heterocycles. The summed E-state index contributed by atoms with van der Waals surface area (Å²) in [6.45, 7) is 0.369. The Bertz CT molecular complexity index is 371. The molecule has 0 aliphatic rings. The normalized spacial score (nSPS) is 9.14. The van der Waals surface area contributed by atoms with E-state index in [-0.39, 0.29) is 5.69 Å². The highest BCUT2D eigenvalue weighted by molar-refractivity contribution is 5.92. The van der Waals surface area contributed by atoms with Crippen LogP contribution < -0.4 is 5.32 Å². The highest BCUT2D eigenvalue weighted by Gasteiger charge is 2.06. The summed E-state index contributed by atoms with van der Waals surface area (Å²) in [6, 6.07) is 4.05. The lowest BCUT2D eigenvalue weighted by molar-refractivity contribution is 0.0948. The molecule has 0 aliphatic carbocycles. The molecule has 0 atom stereocenters. The maximum Gasteiger partial charge on any atom is 0.270 e. The van der Waals surface area contributed by atoms with Gasteiger partial charge in [-0.3, -0.25) is 4.79 Å². The summed E-state index contributed by atoms with van der Waals surface area (Å²) in [5, 5.41) is 2.52. The van der Waals surface area contributed by atoms with Crippen LogP contribution in [0.1, 0.15) is 16.9 Å². The van der Waals surface area contributed by atoms with Crippen LogP contribution in [-0.2, 0) is 0 Å². The van der Waals surface area contributed by atoms with Crippen molar-refractivity contribution in [3.05, 3.63) is 29.8 Å². The molecule has 0 aliphatic heterocycles. The van der Waals surface area contributed by atoms with E-state index in [1.165, 1.54) is 18.2 Å². The first-order valence-corrected chi connectivity index (χ1v) is 4.08. The number of rotatable bonds is 3. The molecular formula is C10H9FN2O. The van der Waals surface area contributed by atoms with E-state index in [0.717, 1.165) is 0 Å². The maximum atomic E-state index is 12.6. The first-order chi connectivity index (χ1) is 6.74. The van der Waals surface area contributed by atoms with E-state index in [4.69, 9.17) is 6.42 Å². The molecule has 1 aromatic heterocycles. The standard InChI is InChI=1S/C10H9FN2O/c1-2-3-7-12-10(14)8-5-4-6-9(11)13-8/h1,4-6H,3,7H2,(H,12,14). The highest BCUT2D eigenvalue weighted by Crippen LogP contribution is 1.97. The van der Waals surface area contributed by atoms with E-state index in [2.05, 4.69) is 16.2 Å². The number of amides is 1. The lowest BCUT2D eigenvalue weighted by atomic mass is 10.3. The lowest BCUT2D eigenvalue weighted by Gasteiger charge is -2.01. The van der Waals surface area contributed by atoms with Crippen LogP contribution in [0.2, 0.25) is 0 Å². The van der Waals surface area contributed by atoms with Gasteiger partial charge in [-0.05, 0) is 12.1 Å². The molecular weight excluding hydrogens is 183 g/mol. The molecule has 0 bridgehead atoms. The van der Waals surface area contributed by atoms with Crippen molar-refractivity contribution in [2.75, 3.05) is 6.54 Å². The molecule has 0 fully saturated rings. The van der Waals surface area contributed by atoms with Crippen LogP contribution in [0.3, 0.4) is 0 Å². The summed E-state index contributed by atoms with van der Waals surface area (Å²) < 4.78 is 12.6. The second-order valence-electron chi connectivity index (χ2n) is 2.56. The smallest absolute Gasteiger partial charge is 0.270 e. The fourth-order valence-electron chi connectivity index (χ4n) is 0.873. The summed E-state index contributed by atoms with van der Waals surface area (Å²) in [5.41, 5.74) is 0.0574. The van der Waals surface area contributed by atoms with Gasteiger partial charge in [-0.2, -0.15) is 4.39 Å². The van der Waals surface area contributed by atoms with Gasteiger partial charge in [0.1, 0.15) is 5.69 Å². The van der Waals surface area contributed by atoms with Gasteiger partial charge in [-0.1, -0.05) is 6.07 Å². The zero-order valence-electron chi connectivity index (χ0n) is 7.46. The summed E-state index contributed by atoms with van der Waals surface area (Å²) in [7, 11) is 0. The van der Waals surface area contributed by atoms with Gasteiger partial charge in [0.25, 0.3) is 5.91 Å². The first kappa shape index (κ1) is 10.2. The Morgan fingerprint density at radius 1 is 1.64 bits per heavy atom. The van der Waals surface area contributed by atoms with Crippen molar-refractivity contribution in [2.24, 2.45) is 0 Å². The van der Waals surface area contributed by atoms with Gasteiger partial charge in [-0.25, -0.2) is 4.98 Å². The van der Waals surface area contributed by atoms with Crippen molar-refractivity contribution in [2.45, 2.75) is 6.42 Å². The van der Waals surface area contributed by atoms with Gasteiger partial charge in [0.2, 0.25) is 5.95 Å². The minimum absolute atomic E-state index is 0.0574. The SMILES string of the molecule is C#CCCNC(=O)c1cccc(F)n1. The van der Waals surface area contributed by atoms with Crippen molar-refractivity contribution in [3.8, 4) is 12.3 Å². The van der Waals surface area contributed by atoms with E-state index in [0.29, 0.717) is 13.0 Å². The Hall–Kier alpha value is -1.89. The van der Waals surface area contributed by atoms with E-state index in [1.807, 2.05) is 0 Å². The van der Waals surface area contributed by atoms with Gasteiger partial charge in [0, 0.05) is 13.0 Å². The molecule has 0 spiro atoms. The zero-order valence-corrected chi connectivity index (χ0v) is 7.46. The van der Waals surface area contributed by atoms with Crippen LogP contribution >= 0.6 is 0 Å². The molecule has 0 radical (unpaired) electrons. The van der Waals surface area contributed by atoms with E-state index in [9.17, 15) is 9.18 Å². The minimum Gasteiger partial charge on any atom is -0.350 e. The number of pyridine rings is 1. The predicted molar refractivity (Wildman–Crippen MR) is 50.0 cm³/mol. The molecule has 1 amide bonds. The summed E-state index contributed by atoms with van der Waals surface area (Å²) in [4.78, 5) is 14.7. The Labute approximate surface area is 81.4 Å². The maximum absolute atomic E-state index is 12.6. The summed E-state index contributed by atoms with van der Waals surface area (Å²) in [5.74, 6) is 1.29. The topological polar surface area (TPSA) is 42.0 Å². The number of nitrogens with one attached hydrogen (secondary N) is 1. The molecule has 1 aromatic rings. The summed E-state index contributed by atoms with van der Waals surface area (Å²) >= 11 is 0. The number of halogens is 1. The van der Waals surface area contributed by atoms with Crippen molar-refractivity contribution >= 4 is 5.91 Å². The van der Waals surface area contributed by atoms with Crippen molar-refractivity contribution < 1.29 is 9.18 Å². The van der Waals surface area contributed by atoms with Crippen molar-refractivity contribution in [1.82, 2.24) is 10.3 Å². The minimum atomic E-state index is -0.672. The van der Waals surface area contributed by atoms with E-state index >= 15 is 0 Å². The lowest BCUT2D eigenvalue weighted by Crippen LogP contribution is -2.25. The highest BCUT2D eigenvalue weighted by atomic mass is 19.1. The third kappa shape index (κ3) is 2.87. The molecule has 0 saturated carbocycles. The second-order valence-corrected chi connectivity index (χ2v) is 2.56. The Morgan fingerprint density at radius 3 is 3.07 bits per heavy atom. The molecule has 1 rings (SSSR count). The Kier molecular flexibility index (Phi) is 3.62. The van der Waals surface area contributed by atoms with Crippen LogP contribution in [0.15, 0.2) is 18.2 Å². The molecule has 4 heteroatoms. The second kappa shape index (κ2) is 4.97. The van der Waals surface area contributed by atoms with Crippen molar-refractivity contribution in [3.63, 3.8) is 0 Å². The average Bonchev–Trinajstić information content (AvgIpc) is 2.18. The molecule has 14 heavy (non-hydrogen) atoms. The monoisotopic (exact) mass is 192 g/mol. The third-order valence-corrected chi connectivity index (χ3v) is 1.50. The van der Waals surface area contributed by atoms with E-state index in [1.54, 1.807) is 0 Å². The first-order valence-electron chi connectivity index (χ1n) is 4.08. The molecule has 0 aromatic carbocycles. The van der Waals surface area contributed by atoms with Crippen LogP contribution in [0.25, 0.3) is 0 Å². The van der Waals surface area contributed by atoms with Gasteiger partial charge < -0.3 is 5.32 Å². The number of nitrogens with zero attached hydrogens (tertiary/aromatic N) is 1. The van der Waals surface area contributed by atoms with Crippen LogP contribution in [0.5, 0.6) is 0 Å². The molecule has 3 nitrogen and oxygen atoms in total. The molecule has 1 N–H and O–H groups in total. The Balaban J connectivity index is 2.57. The Morgan fingerprint density at radius 2 is 2.43 bits per heavy atom. The molecule has 0 saturated heterocycles.